The third kappa shape index (κ3) is 3.36. The van der Waals surface area contributed by atoms with Crippen molar-refractivity contribution in [2.75, 3.05) is 7.11 Å². The molecule has 0 saturated heterocycles. The molecule has 0 aliphatic heterocycles. The summed E-state index contributed by atoms with van der Waals surface area (Å²) in [5, 5.41) is 0. The fourth-order valence-corrected chi connectivity index (χ4v) is 1.52. The van der Waals surface area contributed by atoms with Gasteiger partial charge < -0.3 is 4.74 Å². The molecule has 2 nitrogen and oxygen atoms in total. The molecule has 0 aliphatic carbocycles. The third-order valence-corrected chi connectivity index (χ3v) is 2.34. The fraction of sp³-hybridized carbons (Fsp3) is 0.583. The second-order valence-electron chi connectivity index (χ2n) is 3.46. The number of aryl methyl sites for hydroxylation is 1. The van der Waals surface area contributed by atoms with E-state index in [0.717, 1.165) is 17.9 Å². The van der Waals surface area contributed by atoms with Gasteiger partial charge in [0.2, 0.25) is 0 Å². The lowest BCUT2D eigenvalue weighted by Crippen LogP contribution is -1.95. The Balaban J connectivity index is 2.41. The van der Waals surface area contributed by atoms with Crippen LogP contribution < -0.4 is 4.74 Å². The molecule has 1 aromatic rings. The quantitative estimate of drug-likeness (QED) is 0.647. The van der Waals surface area contributed by atoms with Gasteiger partial charge in [-0.15, -0.1) is 0 Å². The molecule has 0 spiro atoms. The van der Waals surface area contributed by atoms with Gasteiger partial charge in [0.05, 0.1) is 12.8 Å². The van der Waals surface area contributed by atoms with Crippen LogP contribution >= 0.6 is 0 Å². The Labute approximate surface area is 86.3 Å². The molecule has 1 aromatic heterocycles. The Morgan fingerprint density at radius 2 is 2.14 bits per heavy atom. The van der Waals surface area contributed by atoms with Gasteiger partial charge in [-0.1, -0.05) is 26.2 Å². The molecule has 0 fully saturated rings. The predicted molar refractivity (Wildman–Crippen MR) is 58.6 cm³/mol. The highest BCUT2D eigenvalue weighted by Crippen LogP contribution is 2.17. The number of unbranched alkanes of at least 4 members (excludes halogenated alkanes) is 3. The minimum atomic E-state index is 0.920. The van der Waals surface area contributed by atoms with Crippen LogP contribution in [-0.4, -0.2) is 12.1 Å². The number of ether oxygens (including phenoxy) is 1. The lowest BCUT2D eigenvalue weighted by molar-refractivity contribution is 0.405. The van der Waals surface area contributed by atoms with Crippen LogP contribution in [0.5, 0.6) is 5.75 Å². The summed E-state index contributed by atoms with van der Waals surface area (Å²) < 4.78 is 5.24. The molecule has 0 saturated carbocycles. The van der Waals surface area contributed by atoms with E-state index < -0.39 is 0 Å². The maximum absolute atomic E-state index is 5.24. The number of hydrogen-bond donors (Lipinski definition) is 0. The molecule has 0 amide bonds. The van der Waals surface area contributed by atoms with E-state index in [9.17, 15) is 0 Å². The molecule has 0 N–H and O–H groups in total. The second kappa shape index (κ2) is 6.41. The van der Waals surface area contributed by atoms with Crippen molar-refractivity contribution >= 4 is 0 Å². The first-order valence-electron chi connectivity index (χ1n) is 5.36. The summed E-state index contributed by atoms with van der Waals surface area (Å²) in [6.07, 6.45) is 7.95. The Morgan fingerprint density at radius 3 is 2.86 bits per heavy atom. The molecule has 78 valence electrons. The number of hydrogen-bond acceptors (Lipinski definition) is 2. The van der Waals surface area contributed by atoms with Crippen molar-refractivity contribution < 1.29 is 4.74 Å². The minimum absolute atomic E-state index is 0.920. The van der Waals surface area contributed by atoms with Crippen LogP contribution in [0, 0.1) is 0 Å². The van der Waals surface area contributed by atoms with Gasteiger partial charge in [0.15, 0.2) is 0 Å². The summed E-state index contributed by atoms with van der Waals surface area (Å²) in [7, 11) is 1.70. The van der Waals surface area contributed by atoms with Crippen LogP contribution in [0.1, 0.15) is 38.3 Å². The minimum Gasteiger partial charge on any atom is -0.495 e. The smallest absolute Gasteiger partial charge is 0.140 e. The van der Waals surface area contributed by atoms with Crippen LogP contribution in [0.15, 0.2) is 18.3 Å². The molecule has 0 aliphatic rings. The SMILES string of the molecule is CCCCCCc1ncccc1OC. The predicted octanol–water partition coefficient (Wildman–Crippen LogP) is 3.21. The van der Waals surface area contributed by atoms with E-state index in [1.807, 2.05) is 18.3 Å². The summed E-state index contributed by atoms with van der Waals surface area (Å²) in [5.41, 5.74) is 1.09. The van der Waals surface area contributed by atoms with Crippen LogP contribution in [0.2, 0.25) is 0 Å². The van der Waals surface area contributed by atoms with Crippen molar-refractivity contribution in [3.8, 4) is 5.75 Å². The van der Waals surface area contributed by atoms with Crippen LogP contribution in [0.3, 0.4) is 0 Å². The van der Waals surface area contributed by atoms with Crippen molar-refractivity contribution in [3.05, 3.63) is 24.0 Å². The molecule has 2 heteroatoms. The van der Waals surface area contributed by atoms with Gasteiger partial charge in [-0.05, 0) is 25.0 Å². The molecule has 0 unspecified atom stereocenters. The topological polar surface area (TPSA) is 22.1 Å². The third-order valence-electron chi connectivity index (χ3n) is 2.34. The van der Waals surface area contributed by atoms with Gasteiger partial charge >= 0.3 is 0 Å². The summed E-state index contributed by atoms with van der Waals surface area (Å²) in [5.74, 6) is 0.920. The highest BCUT2D eigenvalue weighted by atomic mass is 16.5. The van der Waals surface area contributed by atoms with Crippen molar-refractivity contribution in [2.45, 2.75) is 39.0 Å². The molecule has 14 heavy (non-hydrogen) atoms. The van der Waals surface area contributed by atoms with Gasteiger partial charge in [0, 0.05) is 6.20 Å². The summed E-state index contributed by atoms with van der Waals surface area (Å²) in [6, 6.07) is 3.89. The number of nitrogens with zero attached hydrogens (tertiary/aromatic N) is 1. The molecule has 1 heterocycles. The van der Waals surface area contributed by atoms with Crippen molar-refractivity contribution in [2.24, 2.45) is 0 Å². The Bertz CT molecular complexity index is 260. The van der Waals surface area contributed by atoms with Crippen LogP contribution in [0.25, 0.3) is 0 Å². The lowest BCUT2D eigenvalue weighted by Gasteiger charge is -2.06. The maximum atomic E-state index is 5.24. The summed E-state index contributed by atoms with van der Waals surface area (Å²) in [4.78, 5) is 4.32. The zero-order chi connectivity index (χ0) is 10.2. The molecule has 0 atom stereocenters. The highest BCUT2D eigenvalue weighted by molar-refractivity contribution is 5.26. The van der Waals surface area contributed by atoms with E-state index in [-0.39, 0.29) is 0 Å². The van der Waals surface area contributed by atoms with Crippen LogP contribution in [-0.2, 0) is 6.42 Å². The van der Waals surface area contributed by atoms with E-state index in [1.165, 1.54) is 25.7 Å². The average molecular weight is 193 g/mol. The largest absolute Gasteiger partial charge is 0.495 e. The first-order valence-corrected chi connectivity index (χ1v) is 5.36. The van der Waals surface area contributed by atoms with E-state index in [0.29, 0.717) is 0 Å². The van der Waals surface area contributed by atoms with Gasteiger partial charge in [-0.2, -0.15) is 0 Å². The van der Waals surface area contributed by atoms with Crippen molar-refractivity contribution in [1.29, 1.82) is 0 Å². The molecular weight excluding hydrogens is 174 g/mol. The molecule has 0 radical (unpaired) electrons. The van der Waals surface area contributed by atoms with Gasteiger partial charge in [0.25, 0.3) is 0 Å². The van der Waals surface area contributed by atoms with Crippen LogP contribution in [0.4, 0.5) is 0 Å². The standard InChI is InChI=1S/C12H19NO/c1-3-4-5-6-8-11-12(14-2)9-7-10-13-11/h7,9-10H,3-6,8H2,1-2H3. The highest BCUT2D eigenvalue weighted by Gasteiger charge is 2.01. The summed E-state index contributed by atoms with van der Waals surface area (Å²) >= 11 is 0. The van der Waals surface area contributed by atoms with Gasteiger partial charge in [0.1, 0.15) is 5.75 Å². The van der Waals surface area contributed by atoms with E-state index in [1.54, 1.807) is 7.11 Å². The first kappa shape index (κ1) is 11.0. The summed E-state index contributed by atoms with van der Waals surface area (Å²) in [6.45, 7) is 2.22. The maximum Gasteiger partial charge on any atom is 0.140 e. The Hall–Kier alpha value is -1.05. The number of pyridine rings is 1. The monoisotopic (exact) mass is 193 g/mol. The Morgan fingerprint density at radius 1 is 1.29 bits per heavy atom. The second-order valence-corrected chi connectivity index (χ2v) is 3.46. The van der Waals surface area contributed by atoms with Crippen molar-refractivity contribution in [1.82, 2.24) is 4.98 Å². The van der Waals surface area contributed by atoms with Gasteiger partial charge in [-0.25, -0.2) is 0 Å². The average Bonchev–Trinajstić information content (AvgIpc) is 2.25. The molecule has 0 aromatic carbocycles. The number of methoxy groups -OCH3 is 1. The molecule has 0 bridgehead atoms. The van der Waals surface area contributed by atoms with E-state index >= 15 is 0 Å². The first-order chi connectivity index (χ1) is 6.88. The van der Waals surface area contributed by atoms with Gasteiger partial charge in [-0.3, -0.25) is 4.98 Å². The molecule has 1 rings (SSSR count). The zero-order valence-corrected chi connectivity index (χ0v) is 9.12. The number of aromatic nitrogens is 1. The Kier molecular flexibility index (Phi) is 5.05. The van der Waals surface area contributed by atoms with E-state index in [4.69, 9.17) is 4.74 Å². The molecular formula is C12H19NO. The number of rotatable bonds is 6. The van der Waals surface area contributed by atoms with Crippen molar-refractivity contribution in [3.63, 3.8) is 0 Å². The fourth-order valence-electron chi connectivity index (χ4n) is 1.52. The lowest BCUT2D eigenvalue weighted by atomic mass is 10.1. The normalized spacial score (nSPS) is 10.1. The zero-order valence-electron chi connectivity index (χ0n) is 9.12. The van der Waals surface area contributed by atoms with E-state index in [2.05, 4.69) is 11.9 Å².